The topological polar surface area (TPSA) is 68.5 Å². The summed E-state index contributed by atoms with van der Waals surface area (Å²) in [6.07, 6.45) is -3.02. The van der Waals surface area contributed by atoms with E-state index in [1.54, 1.807) is 12.1 Å². The number of pyridine rings is 1. The molecule has 0 radical (unpaired) electrons. The van der Waals surface area contributed by atoms with Gasteiger partial charge in [0.15, 0.2) is 5.78 Å². The predicted octanol–water partition coefficient (Wildman–Crippen LogP) is 3.27. The highest BCUT2D eigenvalue weighted by Crippen LogP contribution is 2.35. The molecule has 0 spiro atoms. The highest BCUT2D eigenvalue weighted by atomic mass is 19.4. The van der Waals surface area contributed by atoms with Crippen molar-refractivity contribution >= 4 is 16.6 Å². The number of benzene rings is 2. The second-order valence-electron chi connectivity index (χ2n) is 6.04. The number of ketones is 1. The Labute approximate surface area is 157 Å². The number of carbonyl (C=O) groups excluding carboxylic acids is 1. The van der Waals surface area contributed by atoms with E-state index in [0.29, 0.717) is 5.39 Å². The molecule has 1 heterocycles. The van der Waals surface area contributed by atoms with E-state index in [0.717, 1.165) is 6.07 Å². The molecule has 1 N–H and O–H groups in total. The Morgan fingerprint density at radius 2 is 1.86 bits per heavy atom. The molecule has 1 aromatic heterocycles. The highest BCUT2D eigenvalue weighted by molar-refractivity contribution is 6.00. The lowest BCUT2D eigenvalue weighted by atomic mass is 10.1. The van der Waals surface area contributed by atoms with E-state index >= 15 is 0 Å². The van der Waals surface area contributed by atoms with Gasteiger partial charge in [-0.2, -0.15) is 13.2 Å². The number of carbonyl (C=O) groups is 1. The fourth-order valence-corrected chi connectivity index (χ4v) is 2.80. The van der Waals surface area contributed by atoms with Crippen LogP contribution in [0.3, 0.4) is 0 Å². The summed E-state index contributed by atoms with van der Waals surface area (Å²) in [5.74, 6) is -0.816. The highest BCUT2D eigenvalue weighted by Gasteiger charge is 2.33. The van der Waals surface area contributed by atoms with Gasteiger partial charge in [0.1, 0.15) is 19.0 Å². The van der Waals surface area contributed by atoms with Crippen molar-refractivity contribution in [3.05, 3.63) is 76.2 Å². The monoisotopic (exact) mass is 391 g/mol. The van der Waals surface area contributed by atoms with Gasteiger partial charge in [-0.1, -0.05) is 24.3 Å². The molecular formula is C20H16F3NO4. The van der Waals surface area contributed by atoms with Crippen LogP contribution in [0.2, 0.25) is 0 Å². The Kier molecular flexibility index (Phi) is 5.51. The van der Waals surface area contributed by atoms with Gasteiger partial charge >= 0.3 is 6.18 Å². The lowest BCUT2D eigenvalue weighted by Gasteiger charge is -2.14. The summed E-state index contributed by atoms with van der Waals surface area (Å²) in [6, 6.07) is 11.0. The van der Waals surface area contributed by atoms with Crippen LogP contribution < -0.4 is 10.3 Å². The molecule has 0 bridgehead atoms. The van der Waals surface area contributed by atoms with Crippen molar-refractivity contribution in [3.8, 4) is 5.75 Å². The smallest absolute Gasteiger partial charge is 0.419 e. The summed E-state index contributed by atoms with van der Waals surface area (Å²) >= 11 is 0. The number of ether oxygens (including phenoxy) is 1. The van der Waals surface area contributed by atoms with Crippen molar-refractivity contribution in [2.24, 2.45) is 0 Å². The molecule has 0 aliphatic carbocycles. The summed E-state index contributed by atoms with van der Waals surface area (Å²) in [4.78, 5) is 24.2. The SMILES string of the molecule is O=C(CO)c1ccc2ccn(CCOc3ccccc3C(F)(F)F)c(=O)c2c1. The van der Waals surface area contributed by atoms with Crippen LogP contribution in [0, 0.1) is 0 Å². The number of aliphatic hydroxyl groups is 1. The summed E-state index contributed by atoms with van der Waals surface area (Å²) in [5.41, 5.74) is -1.08. The van der Waals surface area contributed by atoms with E-state index in [1.165, 1.54) is 41.1 Å². The number of halogens is 3. The first-order chi connectivity index (χ1) is 13.3. The molecule has 3 aromatic rings. The number of aliphatic hydroxyl groups excluding tert-OH is 1. The van der Waals surface area contributed by atoms with Crippen molar-refractivity contribution in [3.63, 3.8) is 0 Å². The van der Waals surface area contributed by atoms with E-state index in [4.69, 9.17) is 9.84 Å². The maximum Gasteiger partial charge on any atom is 0.419 e. The van der Waals surface area contributed by atoms with Crippen LogP contribution in [-0.2, 0) is 12.7 Å². The van der Waals surface area contributed by atoms with Gasteiger partial charge in [0.05, 0.1) is 12.1 Å². The maximum absolute atomic E-state index is 13.0. The zero-order valence-electron chi connectivity index (χ0n) is 14.6. The van der Waals surface area contributed by atoms with Crippen LogP contribution in [0.1, 0.15) is 15.9 Å². The summed E-state index contributed by atoms with van der Waals surface area (Å²) < 4.78 is 45.5. The Bertz CT molecular complexity index is 1070. The number of hydrogen-bond acceptors (Lipinski definition) is 4. The molecule has 0 atom stereocenters. The molecule has 28 heavy (non-hydrogen) atoms. The summed E-state index contributed by atoms with van der Waals surface area (Å²) in [5, 5.41) is 9.84. The van der Waals surface area contributed by atoms with Gasteiger partial charge < -0.3 is 14.4 Å². The van der Waals surface area contributed by atoms with Crippen LogP contribution in [-0.4, -0.2) is 28.7 Å². The second-order valence-corrected chi connectivity index (χ2v) is 6.04. The van der Waals surface area contributed by atoms with Crippen molar-refractivity contribution in [1.82, 2.24) is 4.57 Å². The molecule has 0 saturated carbocycles. The van der Waals surface area contributed by atoms with Crippen LogP contribution in [0.15, 0.2) is 59.5 Å². The van der Waals surface area contributed by atoms with Crippen LogP contribution >= 0.6 is 0 Å². The molecule has 5 nitrogen and oxygen atoms in total. The van der Waals surface area contributed by atoms with Crippen molar-refractivity contribution < 1.29 is 27.8 Å². The molecule has 146 valence electrons. The van der Waals surface area contributed by atoms with Crippen LogP contribution in [0.4, 0.5) is 13.2 Å². The van der Waals surface area contributed by atoms with E-state index in [-0.39, 0.29) is 29.9 Å². The minimum Gasteiger partial charge on any atom is -0.491 e. The molecule has 8 heteroatoms. The van der Waals surface area contributed by atoms with E-state index in [2.05, 4.69) is 0 Å². The minimum absolute atomic E-state index is 0.0269. The predicted molar refractivity (Wildman–Crippen MR) is 96.6 cm³/mol. The van der Waals surface area contributed by atoms with Gasteiger partial charge in [-0.3, -0.25) is 9.59 Å². The quantitative estimate of drug-likeness (QED) is 0.655. The molecular weight excluding hydrogens is 375 g/mol. The zero-order chi connectivity index (χ0) is 20.3. The lowest BCUT2D eigenvalue weighted by molar-refractivity contribution is -0.139. The molecule has 0 amide bonds. The standard InChI is InChI=1S/C20H16F3NO4/c21-20(22,23)16-3-1-2-4-18(16)28-10-9-24-8-7-13-5-6-14(17(26)12-25)11-15(13)19(24)27/h1-8,11,25H,9-10,12H2. The van der Waals surface area contributed by atoms with E-state index < -0.39 is 29.7 Å². The Balaban J connectivity index is 1.81. The first kappa shape index (κ1) is 19.6. The Morgan fingerprint density at radius 3 is 2.57 bits per heavy atom. The number of hydrogen-bond donors (Lipinski definition) is 1. The van der Waals surface area contributed by atoms with Gasteiger partial charge in [-0.05, 0) is 29.7 Å². The third kappa shape index (κ3) is 4.07. The molecule has 0 fully saturated rings. The van der Waals surface area contributed by atoms with Crippen LogP contribution in [0.25, 0.3) is 10.8 Å². The van der Waals surface area contributed by atoms with Gasteiger partial charge in [-0.15, -0.1) is 0 Å². The molecule has 0 unspecified atom stereocenters. The first-order valence-electron chi connectivity index (χ1n) is 8.37. The number of fused-ring (bicyclic) bond motifs is 1. The molecule has 2 aromatic carbocycles. The third-order valence-corrected chi connectivity index (χ3v) is 4.23. The lowest BCUT2D eigenvalue weighted by Crippen LogP contribution is -2.23. The average Bonchev–Trinajstić information content (AvgIpc) is 2.68. The summed E-state index contributed by atoms with van der Waals surface area (Å²) in [7, 11) is 0. The van der Waals surface area contributed by atoms with Gasteiger partial charge in [0.2, 0.25) is 0 Å². The zero-order valence-corrected chi connectivity index (χ0v) is 14.6. The summed E-state index contributed by atoms with van der Waals surface area (Å²) in [6.45, 7) is -0.786. The second kappa shape index (κ2) is 7.85. The van der Waals surface area contributed by atoms with Crippen molar-refractivity contribution in [2.75, 3.05) is 13.2 Å². The Hall–Kier alpha value is -3.13. The fraction of sp³-hybridized carbons (Fsp3) is 0.200. The van der Waals surface area contributed by atoms with Gasteiger partial charge in [-0.25, -0.2) is 0 Å². The number of nitrogens with zero attached hydrogens (tertiary/aromatic N) is 1. The largest absolute Gasteiger partial charge is 0.491 e. The number of rotatable bonds is 6. The average molecular weight is 391 g/mol. The number of Topliss-reactive ketones (excluding diaryl/α,β-unsaturated/α-hetero) is 1. The molecule has 0 saturated heterocycles. The van der Waals surface area contributed by atoms with Gasteiger partial charge in [0, 0.05) is 17.1 Å². The first-order valence-corrected chi connectivity index (χ1v) is 8.37. The molecule has 0 aliphatic rings. The number of aromatic nitrogens is 1. The minimum atomic E-state index is -4.54. The van der Waals surface area contributed by atoms with E-state index in [9.17, 15) is 22.8 Å². The number of para-hydroxylation sites is 1. The molecule has 3 rings (SSSR count). The Morgan fingerprint density at radius 1 is 1.11 bits per heavy atom. The van der Waals surface area contributed by atoms with Gasteiger partial charge in [0.25, 0.3) is 5.56 Å². The normalized spacial score (nSPS) is 11.6. The van der Waals surface area contributed by atoms with Crippen molar-refractivity contribution in [1.29, 1.82) is 0 Å². The molecule has 0 aliphatic heterocycles. The fourth-order valence-electron chi connectivity index (χ4n) is 2.80. The van der Waals surface area contributed by atoms with E-state index in [1.807, 2.05) is 0 Å². The number of alkyl halides is 3. The maximum atomic E-state index is 13.0. The van der Waals surface area contributed by atoms with Crippen LogP contribution in [0.5, 0.6) is 5.75 Å². The van der Waals surface area contributed by atoms with Crippen molar-refractivity contribution in [2.45, 2.75) is 12.7 Å². The third-order valence-electron chi connectivity index (χ3n) is 4.23.